The van der Waals surface area contributed by atoms with Crippen LogP contribution >= 0.6 is 0 Å². The lowest BCUT2D eigenvalue weighted by Crippen LogP contribution is -2.63. The summed E-state index contributed by atoms with van der Waals surface area (Å²) < 4.78 is 10.0. The Morgan fingerprint density at radius 1 is 1.07 bits per heavy atom. The summed E-state index contributed by atoms with van der Waals surface area (Å²) in [7, 11) is 0. The number of carbonyl (C=O) groups is 3. The van der Waals surface area contributed by atoms with Crippen molar-refractivity contribution in [1.29, 1.82) is 0 Å². The van der Waals surface area contributed by atoms with Crippen LogP contribution in [0.15, 0.2) is 35.1 Å². The number of carbonyl (C=O) groups excluding carboxylic acids is 3. The summed E-state index contributed by atoms with van der Waals surface area (Å²) in [6.07, 6.45) is -0.398. The first-order valence-electron chi connectivity index (χ1n) is 8.58. The number of fused-ring (bicyclic) bond motifs is 1. The number of benzene rings is 1. The lowest BCUT2D eigenvalue weighted by Gasteiger charge is -2.29. The maximum Gasteiger partial charge on any atom is 0.344 e. The first-order valence-corrected chi connectivity index (χ1v) is 8.58. The Balaban J connectivity index is 2.60. The molecule has 8 heteroatoms. The first-order chi connectivity index (χ1) is 12.8. The minimum Gasteiger partial charge on any atom is -0.464 e. The molecular formula is C19H22N2O6. The molecule has 0 spiro atoms. The van der Waals surface area contributed by atoms with Crippen LogP contribution in [0.5, 0.6) is 0 Å². The molecule has 1 aromatic carbocycles. The van der Waals surface area contributed by atoms with Crippen LogP contribution in [0.4, 0.5) is 0 Å². The molecule has 0 bridgehead atoms. The SMILES string of the molecule is CCOC(=O)C(Cc1cc2ccccc2[nH]c1=O)(NC(C)=O)C(=O)OCC. The zero-order chi connectivity index (χ0) is 20.0. The van der Waals surface area contributed by atoms with Gasteiger partial charge in [-0.2, -0.15) is 0 Å². The van der Waals surface area contributed by atoms with Gasteiger partial charge in [-0.1, -0.05) is 18.2 Å². The average Bonchev–Trinajstić information content (AvgIpc) is 2.61. The fourth-order valence-corrected chi connectivity index (χ4v) is 2.79. The summed E-state index contributed by atoms with van der Waals surface area (Å²) in [5.41, 5.74) is -1.86. The number of H-pyrrole nitrogens is 1. The molecule has 0 aliphatic carbocycles. The molecule has 0 atom stereocenters. The van der Waals surface area contributed by atoms with Crippen molar-refractivity contribution < 1.29 is 23.9 Å². The van der Waals surface area contributed by atoms with E-state index in [-0.39, 0.29) is 18.8 Å². The second-order valence-electron chi connectivity index (χ2n) is 5.92. The largest absolute Gasteiger partial charge is 0.464 e. The summed E-state index contributed by atoms with van der Waals surface area (Å²) >= 11 is 0. The first kappa shape index (κ1) is 20.2. The zero-order valence-electron chi connectivity index (χ0n) is 15.5. The topological polar surface area (TPSA) is 115 Å². The summed E-state index contributed by atoms with van der Waals surface area (Å²) in [5, 5.41) is 3.06. The lowest BCUT2D eigenvalue weighted by atomic mass is 9.90. The number of esters is 2. The van der Waals surface area contributed by atoms with E-state index < -0.39 is 35.4 Å². The Hall–Kier alpha value is -3.16. The fraction of sp³-hybridized carbons (Fsp3) is 0.368. The summed E-state index contributed by atoms with van der Waals surface area (Å²) in [6.45, 7) is 4.30. The Kier molecular flexibility index (Phi) is 6.33. The van der Waals surface area contributed by atoms with Gasteiger partial charge in [-0.05, 0) is 31.4 Å². The Morgan fingerprint density at radius 3 is 2.22 bits per heavy atom. The maximum atomic E-state index is 12.6. The highest BCUT2D eigenvalue weighted by atomic mass is 16.6. The van der Waals surface area contributed by atoms with Crippen molar-refractivity contribution in [2.24, 2.45) is 0 Å². The van der Waals surface area contributed by atoms with Crippen LogP contribution < -0.4 is 10.9 Å². The van der Waals surface area contributed by atoms with Gasteiger partial charge in [0.2, 0.25) is 11.4 Å². The molecule has 2 rings (SSSR count). The van der Waals surface area contributed by atoms with Crippen LogP contribution in [-0.2, 0) is 30.3 Å². The minimum absolute atomic E-state index is 0.00630. The molecule has 8 nitrogen and oxygen atoms in total. The van der Waals surface area contributed by atoms with Crippen molar-refractivity contribution in [2.45, 2.75) is 32.7 Å². The molecular weight excluding hydrogens is 352 g/mol. The van der Waals surface area contributed by atoms with Gasteiger partial charge in [0, 0.05) is 24.4 Å². The van der Waals surface area contributed by atoms with Crippen LogP contribution in [0.2, 0.25) is 0 Å². The maximum absolute atomic E-state index is 12.6. The van der Waals surface area contributed by atoms with E-state index in [4.69, 9.17) is 9.47 Å². The molecule has 1 aromatic heterocycles. The van der Waals surface area contributed by atoms with E-state index >= 15 is 0 Å². The minimum atomic E-state index is -2.15. The smallest absolute Gasteiger partial charge is 0.344 e. The summed E-state index contributed by atoms with van der Waals surface area (Å²) in [5.74, 6) is -2.59. The molecule has 2 N–H and O–H groups in total. The summed E-state index contributed by atoms with van der Waals surface area (Å²) in [4.78, 5) is 52.2. The highest BCUT2D eigenvalue weighted by Crippen LogP contribution is 2.19. The second kappa shape index (κ2) is 8.48. The van der Waals surface area contributed by atoms with Gasteiger partial charge in [0.25, 0.3) is 5.56 Å². The van der Waals surface area contributed by atoms with E-state index in [1.54, 1.807) is 44.2 Å². The van der Waals surface area contributed by atoms with E-state index in [1.807, 2.05) is 0 Å². The zero-order valence-corrected chi connectivity index (χ0v) is 15.5. The number of hydrogen-bond donors (Lipinski definition) is 2. The molecule has 27 heavy (non-hydrogen) atoms. The molecule has 2 aromatic rings. The van der Waals surface area contributed by atoms with Gasteiger partial charge in [-0.15, -0.1) is 0 Å². The van der Waals surface area contributed by atoms with Crippen molar-refractivity contribution in [2.75, 3.05) is 13.2 Å². The van der Waals surface area contributed by atoms with Gasteiger partial charge in [-0.25, -0.2) is 9.59 Å². The van der Waals surface area contributed by atoms with Crippen LogP contribution in [0.1, 0.15) is 26.3 Å². The molecule has 0 aliphatic heterocycles. The van der Waals surface area contributed by atoms with Crippen molar-refractivity contribution in [1.82, 2.24) is 10.3 Å². The van der Waals surface area contributed by atoms with Crippen LogP contribution in [0, 0.1) is 0 Å². The van der Waals surface area contributed by atoms with E-state index in [1.165, 1.54) is 0 Å². The van der Waals surface area contributed by atoms with Gasteiger partial charge in [0.05, 0.1) is 13.2 Å². The molecule has 0 fully saturated rings. The summed E-state index contributed by atoms with van der Waals surface area (Å²) in [6, 6.07) is 8.66. The number of para-hydroxylation sites is 1. The fourth-order valence-electron chi connectivity index (χ4n) is 2.79. The van der Waals surface area contributed by atoms with Gasteiger partial charge >= 0.3 is 11.9 Å². The predicted octanol–water partition coefficient (Wildman–Crippen LogP) is 1.07. The van der Waals surface area contributed by atoms with Crippen molar-refractivity contribution in [3.05, 3.63) is 46.2 Å². The third-order valence-electron chi connectivity index (χ3n) is 3.92. The second-order valence-corrected chi connectivity index (χ2v) is 5.92. The molecule has 144 valence electrons. The number of ether oxygens (including phenoxy) is 2. The van der Waals surface area contributed by atoms with Gasteiger partial charge < -0.3 is 19.8 Å². The number of amides is 1. The molecule has 0 saturated carbocycles. The molecule has 1 heterocycles. The van der Waals surface area contributed by atoms with Crippen molar-refractivity contribution >= 4 is 28.7 Å². The number of rotatable bonds is 7. The Morgan fingerprint density at radius 2 is 1.67 bits per heavy atom. The number of aromatic amines is 1. The third-order valence-corrected chi connectivity index (χ3v) is 3.92. The molecule has 1 amide bonds. The molecule has 0 radical (unpaired) electrons. The standard InChI is InChI=1S/C19H22N2O6/c1-4-26-17(24)19(21-12(3)22,18(25)27-5-2)11-14-10-13-8-6-7-9-15(13)20-16(14)23/h6-10H,4-5,11H2,1-3H3,(H,20,23)(H,21,22). The van der Waals surface area contributed by atoms with E-state index in [2.05, 4.69) is 10.3 Å². The van der Waals surface area contributed by atoms with Crippen molar-refractivity contribution in [3.63, 3.8) is 0 Å². The van der Waals surface area contributed by atoms with Gasteiger partial charge in [0.1, 0.15) is 0 Å². The number of aromatic nitrogens is 1. The highest BCUT2D eigenvalue weighted by Gasteiger charge is 2.50. The molecule has 0 unspecified atom stereocenters. The Bertz CT molecular complexity index is 900. The number of nitrogens with one attached hydrogen (secondary N) is 2. The monoisotopic (exact) mass is 374 g/mol. The normalized spacial score (nSPS) is 11.1. The van der Waals surface area contributed by atoms with Crippen LogP contribution in [0.25, 0.3) is 10.9 Å². The highest BCUT2D eigenvalue weighted by molar-refractivity contribution is 6.08. The Labute approximate surface area is 155 Å². The van der Waals surface area contributed by atoms with Gasteiger partial charge in [0.15, 0.2) is 0 Å². The van der Waals surface area contributed by atoms with Gasteiger partial charge in [-0.3, -0.25) is 9.59 Å². The molecule has 0 saturated heterocycles. The van der Waals surface area contributed by atoms with E-state index in [0.717, 1.165) is 12.3 Å². The van der Waals surface area contributed by atoms with E-state index in [9.17, 15) is 19.2 Å². The number of hydrogen-bond acceptors (Lipinski definition) is 6. The number of pyridine rings is 1. The third kappa shape index (κ3) is 4.33. The average molecular weight is 374 g/mol. The molecule has 0 aliphatic rings. The van der Waals surface area contributed by atoms with Crippen LogP contribution in [-0.4, -0.2) is 41.6 Å². The van der Waals surface area contributed by atoms with Crippen molar-refractivity contribution in [3.8, 4) is 0 Å². The van der Waals surface area contributed by atoms with E-state index in [0.29, 0.717) is 5.52 Å². The quantitative estimate of drug-likeness (QED) is 0.553. The predicted molar refractivity (Wildman–Crippen MR) is 98.1 cm³/mol. The lowest BCUT2D eigenvalue weighted by molar-refractivity contribution is -0.168. The van der Waals surface area contributed by atoms with Crippen LogP contribution in [0.3, 0.4) is 0 Å².